The van der Waals surface area contributed by atoms with Gasteiger partial charge in [-0.2, -0.15) is 0 Å². The Bertz CT molecular complexity index is 391. The number of ether oxygens (including phenoxy) is 1. The SMILES string of the molecule is CCOCC(C)NC(=O)c1cc(C)ccc1N. The number of hydrogen-bond donors (Lipinski definition) is 2. The number of carbonyl (C=O) groups is 1. The number of anilines is 1. The molecular formula is C13H20N2O2. The Labute approximate surface area is 102 Å². The highest BCUT2D eigenvalue weighted by molar-refractivity contribution is 5.99. The molecule has 1 aromatic rings. The molecule has 1 rings (SSSR count). The number of nitrogens with two attached hydrogens (primary N) is 1. The molecule has 4 nitrogen and oxygen atoms in total. The highest BCUT2D eigenvalue weighted by Crippen LogP contribution is 2.13. The maximum Gasteiger partial charge on any atom is 0.253 e. The number of hydrogen-bond acceptors (Lipinski definition) is 3. The lowest BCUT2D eigenvalue weighted by molar-refractivity contribution is 0.0872. The topological polar surface area (TPSA) is 64.3 Å². The van der Waals surface area contributed by atoms with E-state index in [1.165, 1.54) is 0 Å². The average Bonchev–Trinajstić information content (AvgIpc) is 2.29. The third-order valence-corrected chi connectivity index (χ3v) is 2.40. The molecule has 17 heavy (non-hydrogen) atoms. The van der Waals surface area contributed by atoms with E-state index in [2.05, 4.69) is 5.32 Å². The van der Waals surface area contributed by atoms with Gasteiger partial charge in [-0.25, -0.2) is 0 Å². The number of carbonyl (C=O) groups excluding carboxylic acids is 1. The van der Waals surface area contributed by atoms with Crippen molar-refractivity contribution in [2.75, 3.05) is 18.9 Å². The van der Waals surface area contributed by atoms with Crippen molar-refractivity contribution in [2.24, 2.45) is 0 Å². The first kappa shape index (κ1) is 13.5. The van der Waals surface area contributed by atoms with Crippen LogP contribution in [0.2, 0.25) is 0 Å². The fraction of sp³-hybridized carbons (Fsp3) is 0.462. The first-order valence-electron chi connectivity index (χ1n) is 5.79. The van der Waals surface area contributed by atoms with E-state index in [9.17, 15) is 4.79 Å². The third-order valence-electron chi connectivity index (χ3n) is 2.40. The largest absolute Gasteiger partial charge is 0.398 e. The van der Waals surface area contributed by atoms with E-state index in [-0.39, 0.29) is 11.9 Å². The van der Waals surface area contributed by atoms with E-state index in [1.807, 2.05) is 26.8 Å². The Balaban J connectivity index is 2.66. The molecule has 0 saturated heterocycles. The van der Waals surface area contributed by atoms with E-state index in [4.69, 9.17) is 10.5 Å². The second kappa shape index (κ2) is 6.25. The van der Waals surface area contributed by atoms with Gasteiger partial charge in [0.1, 0.15) is 0 Å². The Morgan fingerprint density at radius 1 is 1.53 bits per heavy atom. The van der Waals surface area contributed by atoms with Gasteiger partial charge in [0.2, 0.25) is 0 Å². The van der Waals surface area contributed by atoms with Crippen LogP contribution in [-0.2, 0) is 4.74 Å². The van der Waals surface area contributed by atoms with E-state index in [1.54, 1.807) is 12.1 Å². The summed E-state index contributed by atoms with van der Waals surface area (Å²) in [6.07, 6.45) is 0. The monoisotopic (exact) mass is 236 g/mol. The van der Waals surface area contributed by atoms with Crippen LogP contribution in [0.1, 0.15) is 29.8 Å². The van der Waals surface area contributed by atoms with Crippen LogP contribution in [0.25, 0.3) is 0 Å². The van der Waals surface area contributed by atoms with Crippen LogP contribution in [-0.4, -0.2) is 25.2 Å². The van der Waals surface area contributed by atoms with Gasteiger partial charge >= 0.3 is 0 Å². The van der Waals surface area contributed by atoms with Crippen molar-refractivity contribution in [2.45, 2.75) is 26.8 Å². The maximum absolute atomic E-state index is 11.9. The summed E-state index contributed by atoms with van der Waals surface area (Å²) < 4.78 is 5.24. The Hall–Kier alpha value is -1.55. The van der Waals surface area contributed by atoms with Gasteiger partial charge in [-0.3, -0.25) is 4.79 Å². The summed E-state index contributed by atoms with van der Waals surface area (Å²) in [6.45, 7) is 6.91. The van der Waals surface area contributed by atoms with Crippen molar-refractivity contribution in [3.63, 3.8) is 0 Å². The van der Waals surface area contributed by atoms with E-state index >= 15 is 0 Å². The lowest BCUT2D eigenvalue weighted by atomic mass is 10.1. The molecule has 0 radical (unpaired) electrons. The predicted octanol–water partition coefficient (Wildman–Crippen LogP) is 1.73. The summed E-state index contributed by atoms with van der Waals surface area (Å²) in [6, 6.07) is 5.40. The summed E-state index contributed by atoms with van der Waals surface area (Å²) in [5.41, 5.74) is 7.81. The molecule has 0 aliphatic rings. The summed E-state index contributed by atoms with van der Waals surface area (Å²) >= 11 is 0. The van der Waals surface area contributed by atoms with Gasteiger partial charge in [0.05, 0.1) is 12.2 Å². The molecule has 0 heterocycles. The highest BCUT2D eigenvalue weighted by atomic mass is 16.5. The van der Waals surface area contributed by atoms with Gasteiger partial charge in [-0.05, 0) is 32.9 Å². The van der Waals surface area contributed by atoms with Gasteiger partial charge in [0.25, 0.3) is 5.91 Å². The van der Waals surface area contributed by atoms with Crippen molar-refractivity contribution in [1.82, 2.24) is 5.32 Å². The Morgan fingerprint density at radius 3 is 2.88 bits per heavy atom. The molecule has 3 N–H and O–H groups in total. The zero-order valence-electron chi connectivity index (χ0n) is 10.6. The summed E-state index contributed by atoms with van der Waals surface area (Å²) in [5, 5.41) is 2.86. The predicted molar refractivity (Wildman–Crippen MR) is 69.0 cm³/mol. The zero-order chi connectivity index (χ0) is 12.8. The van der Waals surface area contributed by atoms with Crippen LogP contribution in [0.4, 0.5) is 5.69 Å². The van der Waals surface area contributed by atoms with Crippen molar-refractivity contribution < 1.29 is 9.53 Å². The standard InChI is InChI=1S/C13H20N2O2/c1-4-17-8-10(3)15-13(16)11-7-9(2)5-6-12(11)14/h5-7,10H,4,8,14H2,1-3H3,(H,15,16). The maximum atomic E-state index is 11.9. The Kier molecular flexibility index (Phi) is 4.97. The van der Waals surface area contributed by atoms with Crippen LogP contribution in [0.3, 0.4) is 0 Å². The number of nitrogens with one attached hydrogen (secondary N) is 1. The van der Waals surface area contributed by atoms with Gasteiger partial charge < -0.3 is 15.8 Å². The second-order valence-electron chi connectivity index (χ2n) is 4.12. The number of rotatable bonds is 5. The van der Waals surface area contributed by atoms with Gasteiger partial charge in [-0.15, -0.1) is 0 Å². The van der Waals surface area contributed by atoms with E-state index < -0.39 is 0 Å². The molecule has 1 aromatic carbocycles. The van der Waals surface area contributed by atoms with Gasteiger partial charge in [-0.1, -0.05) is 11.6 Å². The minimum atomic E-state index is -0.154. The number of nitrogen functional groups attached to an aromatic ring is 1. The second-order valence-corrected chi connectivity index (χ2v) is 4.12. The molecule has 0 bridgehead atoms. The molecule has 4 heteroatoms. The number of benzene rings is 1. The minimum absolute atomic E-state index is 0.0256. The fourth-order valence-corrected chi connectivity index (χ4v) is 1.50. The first-order valence-corrected chi connectivity index (χ1v) is 5.79. The summed E-state index contributed by atoms with van der Waals surface area (Å²) in [7, 11) is 0. The van der Waals surface area contributed by atoms with Gasteiger partial charge in [0, 0.05) is 18.3 Å². The van der Waals surface area contributed by atoms with Gasteiger partial charge in [0.15, 0.2) is 0 Å². The molecular weight excluding hydrogens is 216 g/mol. The average molecular weight is 236 g/mol. The smallest absolute Gasteiger partial charge is 0.253 e. The number of amides is 1. The Morgan fingerprint density at radius 2 is 2.24 bits per heavy atom. The van der Waals surface area contributed by atoms with Crippen LogP contribution in [0.5, 0.6) is 0 Å². The number of aryl methyl sites for hydroxylation is 1. The lowest BCUT2D eigenvalue weighted by Gasteiger charge is -2.14. The molecule has 94 valence electrons. The highest BCUT2D eigenvalue weighted by Gasteiger charge is 2.12. The van der Waals surface area contributed by atoms with Crippen molar-refractivity contribution >= 4 is 11.6 Å². The van der Waals surface area contributed by atoms with Crippen LogP contribution in [0.15, 0.2) is 18.2 Å². The molecule has 0 spiro atoms. The van der Waals surface area contributed by atoms with E-state index in [0.717, 1.165) is 5.56 Å². The third kappa shape index (κ3) is 4.07. The molecule has 0 saturated carbocycles. The first-order chi connectivity index (χ1) is 8.04. The quantitative estimate of drug-likeness (QED) is 0.765. The molecule has 0 aliphatic carbocycles. The van der Waals surface area contributed by atoms with Crippen molar-refractivity contribution in [3.8, 4) is 0 Å². The van der Waals surface area contributed by atoms with Crippen LogP contribution >= 0.6 is 0 Å². The molecule has 1 unspecified atom stereocenters. The van der Waals surface area contributed by atoms with Crippen molar-refractivity contribution in [1.29, 1.82) is 0 Å². The fourth-order valence-electron chi connectivity index (χ4n) is 1.50. The summed E-state index contributed by atoms with van der Waals surface area (Å²) in [4.78, 5) is 11.9. The van der Waals surface area contributed by atoms with E-state index in [0.29, 0.717) is 24.5 Å². The minimum Gasteiger partial charge on any atom is -0.398 e. The lowest BCUT2D eigenvalue weighted by Crippen LogP contribution is -2.36. The molecule has 0 aliphatic heterocycles. The molecule has 0 fully saturated rings. The van der Waals surface area contributed by atoms with Crippen LogP contribution < -0.4 is 11.1 Å². The van der Waals surface area contributed by atoms with Crippen molar-refractivity contribution in [3.05, 3.63) is 29.3 Å². The molecule has 1 amide bonds. The van der Waals surface area contributed by atoms with Crippen LogP contribution in [0, 0.1) is 6.92 Å². The normalized spacial score (nSPS) is 12.2. The molecule has 0 aromatic heterocycles. The zero-order valence-corrected chi connectivity index (χ0v) is 10.6. The molecule has 1 atom stereocenters. The summed E-state index contributed by atoms with van der Waals surface area (Å²) in [5.74, 6) is -0.154.